The SMILES string of the molecule is COc1ccc(C(=O)N/N=C/c2cc(O)ccc2O)cc1. The van der Waals surface area contributed by atoms with Crippen molar-refractivity contribution >= 4 is 12.1 Å². The van der Waals surface area contributed by atoms with E-state index in [4.69, 9.17) is 4.74 Å². The van der Waals surface area contributed by atoms with Crippen LogP contribution in [0.5, 0.6) is 17.2 Å². The average molecular weight is 286 g/mol. The monoisotopic (exact) mass is 286 g/mol. The van der Waals surface area contributed by atoms with Gasteiger partial charge in [-0.3, -0.25) is 4.79 Å². The number of amides is 1. The number of hydrazone groups is 1. The Morgan fingerprint density at radius 3 is 2.57 bits per heavy atom. The summed E-state index contributed by atoms with van der Waals surface area (Å²) < 4.78 is 5.00. The molecular weight excluding hydrogens is 272 g/mol. The van der Waals surface area contributed by atoms with Gasteiger partial charge in [-0.1, -0.05) is 0 Å². The minimum atomic E-state index is -0.395. The van der Waals surface area contributed by atoms with Gasteiger partial charge in [-0.2, -0.15) is 5.10 Å². The maximum atomic E-state index is 11.8. The van der Waals surface area contributed by atoms with E-state index in [1.54, 1.807) is 31.4 Å². The van der Waals surface area contributed by atoms with Gasteiger partial charge in [0, 0.05) is 11.1 Å². The molecule has 1 amide bonds. The largest absolute Gasteiger partial charge is 0.508 e. The normalized spacial score (nSPS) is 10.5. The smallest absolute Gasteiger partial charge is 0.271 e. The third-order valence-corrected chi connectivity index (χ3v) is 2.73. The molecule has 0 aliphatic rings. The van der Waals surface area contributed by atoms with Crippen molar-refractivity contribution < 1.29 is 19.7 Å². The molecule has 6 nitrogen and oxygen atoms in total. The topological polar surface area (TPSA) is 91.2 Å². The second kappa shape index (κ2) is 6.42. The first-order valence-electron chi connectivity index (χ1n) is 6.09. The Bertz CT molecular complexity index is 666. The van der Waals surface area contributed by atoms with Gasteiger partial charge in [-0.25, -0.2) is 5.43 Å². The molecule has 0 bridgehead atoms. The van der Waals surface area contributed by atoms with Crippen LogP contribution in [0.4, 0.5) is 0 Å². The zero-order valence-electron chi connectivity index (χ0n) is 11.3. The van der Waals surface area contributed by atoms with E-state index in [9.17, 15) is 15.0 Å². The number of carbonyl (C=O) groups excluding carboxylic acids is 1. The summed E-state index contributed by atoms with van der Waals surface area (Å²) >= 11 is 0. The highest BCUT2D eigenvalue weighted by molar-refractivity contribution is 5.95. The summed E-state index contributed by atoms with van der Waals surface area (Å²) in [7, 11) is 1.54. The van der Waals surface area contributed by atoms with Gasteiger partial charge in [0.2, 0.25) is 0 Å². The molecule has 0 radical (unpaired) electrons. The van der Waals surface area contributed by atoms with Crippen molar-refractivity contribution in [2.24, 2.45) is 5.10 Å². The highest BCUT2D eigenvalue weighted by Crippen LogP contribution is 2.20. The molecule has 21 heavy (non-hydrogen) atoms. The van der Waals surface area contributed by atoms with Crippen LogP contribution in [0, 0.1) is 0 Å². The van der Waals surface area contributed by atoms with Gasteiger partial charge >= 0.3 is 0 Å². The molecule has 0 atom stereocenters. The highest BCUT2D eigenvalue weighted by atomic mass is 16.5. The predicted molar refractivity (Wildman–Crippen MR) is 77.8 cm³/mol. The first-order chi connectivity index (χ1) is 10.1. The minimum Gasteiger partial charge on any atom is -0.508 e. The van der Waals surface area contributed by atoms with Gasteiger partial charge in [0.05, 0.1) is 13.3 Å². The van der Waals surface area contributed by atoms with Gasteiger partial charge in [0.1, 0.15) is 17.2 Å². The van der Waals surface area contributed by atoms with Crippen molar-refractivity contribution in [1.82, 2.24) is 5.43 Å². The fourth-order valence-corrected chi connectivity index (χ4v) is 1.61. The fraction of sp³-hybridized carbons (Fsp3) is 0.0667. The first kappa shape index (κ1) is 14.4. The third kappa shape index (κ3) is 3.73. The van der Waals surface area contributed by atoms with Crippen molar-refractivity contribution in [2.75, 3.05) is 7.11 Å². The predicted octanol–water partition coefficient (Wildman–Crippen LogP) is 1.87. The molecule has 0 spiro atoms. The first-order valence-corrected chi connectivity index (χ1v) is 6.09. The van der Waals surface area contributed by atoms with Gasteiger partial charge in [-0.15, -0.1) is 0 Å². The van der Waals surface area contributed by atoms with Crippen molar-refractivity contribution in [3.8, 4) is 17.2 Å². The summed E-state index contributed by atoms with van der Waals surface area (Å²) in [5.74, 6) is 0.208. The second-order valence-electron chi connectivity index (χ2n) is 4.17. The van der Waals surface area contributed by atoms with Gasteiger partial charge in [0.25, 0.3) is 5.91 Å². The van der Waals surface area contributed by atoms with Crippen molar-refractivity contribution in [1.29, 1.82) is 0 Å². The summed E-state index contributed by atoms with van der Waals surface area (Å²) in [4.78, 5) is 11.8. The Morgan fingerprint density at radius 1 is 1.19 bits per heavy atom. The number of nitrogens with zero attached hydrogens (tertiary/aromatic N) is 1. The Labute approximate surface area is 121 Å². The molecule has 108 valence electrons. The van der Waals surface area contributed by atoms with E-state index in [-0.39, 0.29) is 11.5 Å². The van der Waals surface area contributed by atoms with E-state index in [0.29, 0.717) is 16.9 Å². The molecule has 0 saturated heterocycles. The van der Waals surface area contributed by atoms with Crippen LogP contribution in [0.3, 0.4) is 0 Å². The quantitative estimate of drug-likeness (QED) is 0.454. The maximum Gasteiger partial charge on any atom is 0.271 e. The Balaban J connectivity index is 2.02. The molecule has 0 fully saturated rings. The average Bonchev–Trinajstić information content (AvgIpc) is 2.50. The maximum absolute atomic E-state index is 11.8. The number of hydrogen-bond donors (Lipinski definition) is 3. The van der Waals surface area contributed by atoms with Crippen LogP contribution in [0.2, 0.25) is 0 Å². The molecule has 0 saturated carbocycles. The van der Waals surface area contributed by atoms with Gasteiger partial charge < -0.3 is 14.9 Å². The van der Waals surface area contributed by atoms with E-state index in [0.717, 1.165) is 0 Å². The summed E-state index contributed by atoms with van der Waals surface area (Å²) in [5.41, 5.74) is 3.05. The Morgan fingerprint density at radius 2 is 1.90 bits per heavy atom. The van der Waals surface area contributed by atoms with E-state index in [1.165, 1.54) is 24.4 Å². The number of nitrogens with one attached hydrogen (secondary N) is 1. The van der Waals surface area contributed by atoms with E-state index in [2.05, 4.69) is 10.5 Å². The van der Waals surface area contributed by atoms with Crippen LogP contribution < -0.4 is 10.2 Å². The fourth-order valence-electron chi connectivity index (χ4n) is 1.61. The lowest BCUT2D eigenvalue weighted by atomic mass is 10.2. The number of carbonyl (C=O) groups is 1. The lowest BCUT2D eigenvalue weighted by Crippen LogP contribution is -2.17. The lowest BCUT2D eigenvalue weighted by molar-refractivity contribution is 0.0955. The van der Waals surface area contributed by atoms with Gasteiger partial charge in [0.15, 0.2) is 0 Å². The summed E-state index contributed by atoms with van der Waals surface area (Å²) in [6.45, 7) is 0. The van der Waals surface area contributed by atoms with Crippen LogP contribution in [-0.4, -0.2) is 29.4 Å². The number of benzene rings is 2. The summed E-state index contributed by atoms with van der Waals surface area (Å²) in [6, 6.07) is 10.6. The van der Waals surface area contributed by atoms with E-state index in [1.807, 2.05) is 0 Å². The number of phenols is 2. The standard InChI is InChI=1S/C15H14N2O4/c1-21-13-5-2-10(3-6-13)15(20)17-16-9-11-8-12(18)4-7-14(11)19/h2-9,18-19H,1H3,(H,17,20)/b16-9+. The number of aromatic hydroxyl groups is 2. The van der Waals surface area contributed by atoms with Gasteiger partial charge in [-0.05, 0) is 42.5 Å². The molecule has 0 unspecified atom stereocenters. The Kier molecular flexibility index (Phi) is 4.40. The number of rotatable bonds is 4. The molecule has 0 aliphatic carbocycles. The number of hydrogen-bond acceptors (Lipinski definition) is 5. The third-order valence-electron chi connectivity index (χ3n) is 2.73. The second-order valence-corrected chi connectivity index (χ2v) is 4.17. The molecule has 0 heterocycles. The molecule has 0 aliphatic heterocycles. The van der Waals surface area contributed by atoms with Crippen LogP contribution in [0.15, 0.2) is 47.6 Å². The molecule has 3 N–H and O–H groups in total. The number of methoxy groups -OCH3 is 1. The van der Waals surface area contributed by atoms with Crippen LogP contribution in [0.1, 0.15) is 15.9 Å². The molecule has 2 rings (SSSR count). The Hall–Kier alpha value is -3.02. The number of phenolic OH excluding ortho intramolecular Hbond substituents is 2. The van der Waals surface area contributed by atoms with Crippen molar-refractivity contribution in [3.63, 3.8) is 0 Å². The number of ether oxygens (including phenoxy) is 1. The van der Waals surface area contributed by atoms with Crippen LogP contribution >= 0.6 is 0 Å². The zero-order valence-corrected chi connectivity index (χ0v) is 11.3. The zero-order chi connectivity index (χ0) is 15.2. The summed E-state index contributed by atoms with van der Waals surface area (Å²) in [5, 5.41) is 22.6. The van der Waals surface area contributed by atoms with Crippen LogP contribution in [-0.2, 0) is 0 Å². The van der Waals surface area contributed by atoms with Crippen molar-refractivity contribution in [3.05, 3.63) is 53.6 Å². The van der Waals surface area contributed by atoms with Crippen LogP contribution in [0.25, 0.3) is 0 Å². The minimum absolute atomic E-state index is 0.00395. The van der Waals surface area contributed by atoms with E-state index < -0.39 is 5.91 Å². The van der Waals surface area contributed by atoms with Crippen molar-refractivity contribution in [2.45, 2.75) is 0 Å². The lowest BCUT2D eigenvalue weighted by Gasteiger charge is -2.02. The molecule has 2 aromatic rings. The molecule has 0 aromatic heterocycles. The molecule has 6 heteroatoms. The molecule has 2 aromatic carbocycles. The summed E-state index contributed by atoms with van der Waals surface area (Å²) in [6.07, 6.45) is 1.25. The molecular formula is C15H14N2O4. The van der Waals surface area contributed by atoms with E-state index >= 15 is 0 Å². The highest BCUT2D eigenvalue weighted by Gasteiger charge is 2.04.